The molecule has 0 N–H and O–H groups in total. The highest BCUT2D eigenvalue weighted by atomic mass is 32.3. The van der Waals surface area contributed by atoms with E-state index in [1.54, 1.807) is 21.3 Å². The maximum Gasteiger partial charge on any atom is 0.558 e. The van der Waals surface area contributed by atoms with E-state index in [2.05, 4.69) is 14.0 Å². The number of alkyl halides is 6. The first-order valence-electron chi connectivity index (χ1n) is 10.1. The highest BCUT2D eigenvalue weighted by Crippen LogP contribution is 2.36. The van der Waals surface area contributed by atoms with E-state index < -0.39 is 39.9 Å². The molecule has 0 atom stereocenters. The first kappa shape index (κ1) is 33.5. The van der Waals surface area contributed by atoms with Gasteiger partial charge in [-0.3, -0.25) is 0 Å². The molecule has 0 saturated carbocycles. The summed E-state index contributed by atoms with van der Waals surface area (Å²) in [4.78, 5) is 0. The van der Waals surface area contributed by atoms with Crippen LogP contribution >= 0.6 is 0 Å². The smallest absolute Gasteiger partial charge is 0.421 e. The Balaban J connectivity index is 0.000000661. The number of unbranched alkanes of at least 4 members (excludes halogenated alkanes) is 1. The van der Waals surface area contributed by atoms with E-state index in [1.807, 2.05) is 0 Å². The lowest BCUT2D eigenvalue weighted by molar-refractivity contribution is -0.908. The lowest BCUT2D eigenvalue weighted by atomic mass is 9.91. The van der Waals surface area contributed by atoms with Crippen molar-refractivity contribution in [2.24, 2.45) is 5.92 Å². The molecule has 0 amide bonds. The standard InChI is InChI=1S/C14H32NO3Si.C2F6NO4S2/c1-6-7-8-14-9-11-15(2,12-10-14)13-19(16-3,17-4)18-5;3-1(4,5)14(10,11)9-15(12,13)2(6,7)8/h14H,6-13H2,1-5H3;/q+1;-1. The molecule has 0 unspecified atom stereocenters. The van der Waals surface area contributed by atoms with Gasteiger partial charge in [-0.15, -0.1) is 0 Å². The van der Waals surface area contributed by atoms with Gasteiger partial charge in [0.25, 0.3) is 0 Å². The van der Waals surface area contributed by atoms with Gasteiger partial charge in [-0.2, -0.15) is 26.3 Å². The monoisotopic (exact) mass is 570 g/mol. The number of piperidine rings is 1. The second-order valence-corrected chi connectivity index (χ2v) is 14.4. The van der Waals surface area contributed by atoms with Crippen LogP contribution in [0.2, 0.25) is 0 Å². The van der Waals surface area contributed by atoms with Crippen LogP contribution in [0.1, 0.15) is 39.0 Å². The normalized spacial score (nSPS) is 22.7. The number of likely N-dealkylation sites (tertiary alicyclic amines) is 1. The highest BCUT2D eigenvalue weighted by molar-refractivity contribution is 8.13. The fourth-order valence-electron chi connectivity index (χ4n) is 3.31. The number of nitrogens with zero attached hydrogens (tertiary/aromatic N) is 2. The maximum atomic E-state index is 11.4. The van der Waals surface area contributed by atoms with E-state index in [1.165, 1.54) is 45.2 Å². The first-order valence-corrected chi connectivity index (χ1v) is 14.9. The second kappa shape index (κ2) is 12.6. The average Bonchev–Trinajstić information content (AvgIpc) is 2.70. The van der Waals surface area contributed by atoms with Crippen molar-refractivity contribution in [2.45, 2.75) is 50.0 Å². The maximum absolute atomic E-state index is 11.4. The first-order chi connectivity index (χ1) is 15.2. The van der Waals surface area contributed by atoms with E-state index in [-0.39, 0.29) is 0 Å². The Morgan fingerprint density at radius 1 is 0.882 bits per heavy atom. The van der Waals surface area contributed by atoms with Gasteiger partial charge in [-0.25, -0.2) is 16.8 Å². The third kappa shape index (κ3) is 9.86. The molecule has 0 aromatic heterocycles. The molecule has 206 valence electrons. The molecule has 0 bridgehead atoms. The Labute approximate surface area is 197 Å². The molecule has 1 heterocycles. The summed E-state index contributed by atoms with van der Waals surface area (Å²) in [6, 6.07) is 0. The molecule has 0 radical (unpaired) electrons. The van der Waals surface area contributed by atoms with Crippen molar-refractivity contribution in [1.29, 1.82) is 0 Å². The summed E-state index contributed by atoms with van der Waals surface area (Å²) in [5.74, 6) is 0.926. The van der Waals surface area contributed by atoms with Gasteiger partial charge in [0.2, 0.25) is 0 Å². The largest absolute Gasteiger partial charge is 0.558 e. The van der Waals surface area contributed by atoms with Gasteiger partial charge in [0.1, 0.15) is 6.17 Å². The zero-order valence-corrected chi connectivity index (χ0v) is 22.2. The van der Waals surface area contributed by atoms with Gasteiger partial charge >= 0.3 is 19.8 Å². The SMILES string of the molecule is CCCCC1CC[N+](C)(C[Si](OC)(OC)OC)CC1.O=S(=O)([N-]S(=O)(=O)C(F)(F)F)C(F)(F)F. The number of quaternary nitrogens is 1. The van der Waals surface area contributed by atoms with Crippen molar-refractivity contribution < 1.29 is 60.9 Å². The fourth-order valence-corrected chi connectivity index (χ4v) is 7.16. The Bertz CT molecular complexity index is 776. The van der Waals surface area contributed by atoms with Crippen LogP contribution in [0.25, 0.3) is 4.13 Å². The molecule has 0 aromatic carbocycles. The van der Waals surface area contributed by atoms with Crippen molar-refractivity contribution in [1.82, 2.24) is 0 Å². The van der Waals surface area contributed by atoms with Crippen molar-refractivity contribution in [3.05, 3.63) is 4.13 Å². The van der Waals surface area contributed by atoms with Crippen molar-refractivity contribution in [3.63, 3.8) is 0 Å². The molecule has 1 saturated heterocycles. The Hall–Kier alpha value is -0.503. The highest BCUT2D eigenvalue weighted by Gasteiger charge is 2.48. The minimum Gasteiger partial charge on any atom is -0.421 e. The summed E-state index contributed by atoms with van der Waals surface area (Å²) < 4.78 is 127. The van der Waals surface area contributed by atoms with Gasteiger partial charge in [-0.1, -0.05) is 26.2 Å². The van der Waals surface area contributed by atoms with E-state index in [0.717, 1.165) is 20.7 Å². The predicted octanol–water partition coefficient (Wildman–Crippen LogP) is 3.51. The topological polar surface area (TPSA) is 110 Å². The van der Waals surface area contributed by atoms with Crippen LogP contribution in [0.5, 0.6) is 0 Å². The Morgan fingerprint density at radius 2 is 1.26 bits per heavy atom. The molecule has 0 aliphatic carbocycles. The quantitative estimate of drug-likeness (QED) is 0.225. The molecule has 0 spiro atoms. The average molecular weight is 571 g/mol. The van der Waals surface area contributed by atoms with E-state index in [4.69, 9.17) is 13.3 Å². The van der Waals surface area contributed by atoms with Crippen LogP contribution in [0.15, 0.2) is 0 Å². The summed E-state index contributed by atoms with van der Waals surface area (Å²) in [6.45, 7) is 4.72. The number of hydrogen-bond donors (Lipinski definition) is 0. The van der Waals surface area contributed by atoms with Crippen LogP contribution in [0.3, 0.4) is 0 Å². The van der Waals surface area contributed by atoms with Crippen LogP contribution in [0, 0.1) is 5.92 Å². The van der Waals surface area contributed by atoms with Crippen molar-refractivity contribution >= 4 is 28.9 Å². The van der Waals surface area contributed by atoms with E-state index >= 15 is 0 Å². The lowest BCUT2D eigenvalue weighted by Gasteiger charge is -2.43. The third-order valence-corrected chi connectivity index (χ3v) is 11.2. The van der Waals surface area contributed by atoms with Crippen LogP contribution in [-0.2, 0) is 33.3 Å². The number of halogens is 6. The van der Waals surface area contributed by atoms with E-state index in [0.29, 0.717) is 0 Å². The van der Waals surface area contributed by atoms with Crippen LogP contribution in [0.4, 0.5) is 26.3 Å². The summed E-state index contributed by atoms with van der Waals surface area (Å²) >= 11 is 0. The summed E-state index contributed by atoms with van der Waals surface area (Å²) in [6.07, 6.45) is 7.64. The lowest BCUT2D eigenvalue weighted by Crippen LogP contribution is -2.62. The second-order valence-electron chi connectivity index (χ2n) is 8.02. The molecule has 1 rings (SSSR count). The molecular formula is C16H32F6N2O7S2Si. The molecule has 34 heavy (non-hydrogen) atoms. The van der Waals surface area contributed by atoms with Crippen molar-refractivity contribution in [3.8, 4) is 0 Å². The number of hydrogen-bond acceptors (Lipinski definition) is 7. The molecule has 1 aliphatic heterocycles. The Kier molecular flexibility index (Phi) is 12.5. The number of sulfonamides is 2. The number of rotatable bonds is 10. The van der Waals surface area contributed by atoms with E-state index in [9.17, 15) is 43.2 Å². The van der Waals surface area contributed by atoms with Crippen LogP contribution < -0.4 is 0 Å². The molecule has 1 fully saturated rings. The molecule has 0 aromatic rings. The molecule has 1 aliphatic rings. The Morgan fingerprint density at radius 3 is 1.56 bits per heavy atom. The van der Waals surface area contributed by atoms with Gasteiger partial charge in [0.05, 0.1) is 20.1 Å². The van der Waals surface area contributed by atoms with Gasteiger partial charge in [0.15, 0.2) is 20.0 Å². The van der Waals surface area contributed by atoms with Gasteiger partial charge in [0, 0.05) is 21.3 Å². The summed E-state index contributed by atoms with van der Waals surface area (Å²) in [5, 5.41) is 0. The third-order valence-electron chi connectivity index (χ3n) is 5.41. The van der Waals surface area contributed by atoms with Crippen LogP contribution in [-0.4, -0.2) is 88.8 Å². The van der Waals surface area contributed by atoms with Crippen molar-refractivity contribution in [2.75, 3.05) is 47.6 Å². The zero-order chi connectivity index (χ0) is 27.1. The van der Waals surface area contributed by atoms with Gasteiger partial charge < -0.3 is 21.9 Å². The zero-order valence-electron chi connectivity index (χ0n) is 19.6. The van der Waals surface area contributed by atoms with Gasteiger partial charge in [-0.05, 0) is 18.8 Å². The minimum atomic E-state index is -6.72. The molecule has 18 heteroatoms. The minimum absolute atomic E-state index is 0.778. The molecular weight excluding hydrogens is 538 g/mol. The molecule has 9 nitrogen and oxygen atoms in total. The fraction of sp³-hybridized carbons (Fsp3) is 1.00. The summed E-state index contributed by atoms with van der Waals surface area (Å²) in [5.41, 5.74) is -12.4. The summed E-state index contributed by atoms with van der Waals surface area (Å²) in [7, 11) is -8.46. The predicted molar refractivity (Wildman–Crippen MR) is 113 cm³/mol.